The maximum Gasteiger partial charge on any atom is 0.410 e. The van der Waals surface area contributed by atoms with E-state index in [4.69, 9.17) is 14.6 Å². The number of anilines is 1. The van der Waals surface area contributed by atoms with Gasteiger partial charge < -0.3 is 19.7 Å². The summed E-state index contributed by atoms with van der Waals surface area (Å²) in [6, 6.07) is 40.9. The molecule has 1 fully saturated rings. The van der Waals surface area contributed by atoms with Gasteiger partial charge >= 0.3 is 6.09 Å². The lowest BCUT2D eigenvalue weighted by atomic mass is 9.77. The molecule has 1 aliphatic heterocycles. The van der Waals surface area contributed by atoms with Gasteiger partial charge in [0, 0.05) is 35.6 Å². The van der Waals surface area contributed by atoms with E-state index in [1.165, 1.54) is 4.90 Å². The van der Waals surface area contributed by atoms with Crippen molar-refractivity contribution in [1.29, 1.82) is 0 Å². The van der Waals surface area contributed by atoms with Crippen molar-refractivity contribution >= 4 is 28.6 Å². The predicted octanol–water partition coefficient (Wildman–Crippen LogP) is 7.51. The minimum absolute atomic E-state index is 0.0942. The van der Waals surface area contributed by atoms with Crippen molar-refractivity contribution in [2.24, 2.45) is 0 Å². The van der Waals surface area contributed by atoms with Crippen molar-refractivity contribution in [2.75, 3.05) is 25.0 Å². The van der Waals surface area contributed by atoms with Crippen LogP contribution in [-0.4, -0.2) is 63.1 Å². The molecule has 1 atom stereocenters. The van der Waals surface area contributed by atoms with E-state index in [9.17, 15) is 9.59 Å². The Morgan fingerprint density at radius 2 is 1.38 bits per heavy atom. The van der Waals surface area contributed by atoms with Gasteiger partial charge in [-0.25, -0.2) is 9.48 Å². The first kappa shape index (κ1) is 32.7. The molecule has 3 heterocycles. The van der Waals surface area contributed by atoms with E-state index in [1.54, 1.807) is 12.4 Å². The minimum Gasteiger partial charge on any atom is -0.444 e. The number of amides is 2. The van der Waals surface area contributed by atoms with Crippen molar-refractivity contribution in [3.05, 3.63) is 150 Å². The molecule has 2 amide bonds. The second-order valence-corrected chi connectivity index (χ2v) is 13.3. The number of carbonyl (C=O) groups is 2. The summed E-state index contributed by atoms with van der Waals surface area (Å²) in [7, 11) is 0. The first-order valence-electron chi connectivity index (χ1n) is 16.7. The number of hydrogen-bond donors (Lipinski definition) is 1. The first-order chi connectivity index (χ1) is 24.2. The van der Waals surface area contributed by atoms with Crippen LogP contribution < -0.4 is 5.32 Å². The Bertz CT molecular complexity index is 2000. The summed E-state index contributed by atoms with van der Waals surface area (Å²) < 4.78 is 13.5. The summed E-state index contributed by atoms with van der Waals surface area (Å²) in [6.07, 6.45) is 2.19. The molecule has 0 saturated carbocycles. The predicted molar refractivity (Wildman–Crippen MR) is 194 cm³/mol. The number of rotatable bonds is 7. The fraction of sp³-hybridized carbons (Fsp3) is 0.220. The topological polar surface area (TPSA) is 98.6 Å². The summed E-state index contributed by atoms with van der Waals surface area (Å²) in [4.78, 5) is 32.1. The van der Waals surface area contributed by atoms with E-state index in [1.807, 2.05) is 69.3 Å². The Morgan fingerprint density at radius 1 is 0.800 bits per heavy atom. The zero-order valence-corrected chi connectivity index (χ0v) is 28.3. The van der Waals surface area contributed by atoms with E-state index in [0.717, 1.165) is 38.9 Å². The molecule has 9 nitrogen and oxygen atoms in total. The fourth-order valence-corrected chi connectivity index (χ4v) is 6.60. The molecule has 0 bridgehead atoms. The highest BCUT2D eigenvalue weighted by atomic mass is 16.6. The van der Waals surface area contributed by atoms with Crippen LogP contribution in [0.2, 0.25) is 0 Å². The Balaban J connectivity index is 1.35. The normalized spacial score (nSPS) is 15.1. The highest BCUT2D eigenvalue weighted by Crippen LogP contribution is 2.44. The molecule has 4 aromatic carbocycles. The average molecular weight is 666 g/mol. The molecule has 1 unspecified atom stereocenters. The number of morpholine rings is 1. The average Bonchev–Trinajstić information content (AvgIpc) is 3.52. The van der Waals surface area contributed by atoms with E-state index in [0.29, 0.717) is 12.2 Å². The maximum atomic E-state index is 13.6. The Labute approximate surface area is 291 Å². The number of nitrogens with one attached hydrogen (secondary N) is 1. The number of ether oxygens (including phenoxy) is 2. The van der Waals surface area contributed by atoms with Gasteiger partial charge in [-0.05, 0) is 67.8 Å². The third-order valence-electron chi connectivity index (χ3n) is 8.80. The standard InChI is InChI=1S/C41H39N5O4/c1-40(2,3)50-39(48)45-25-26-49-36(28-45)38(47)43-33-19-20-35-34(27-33)37(29-21-23-42-24-22-29)44-46(35)41(30-13-7-4-8-14-30,31-15-9-5-10-16-31)32-17-11-6-12-18-32/h4-24,27,36H,25-26,28H2,1-3H3,(H,43,47). The van der Waals surface area contributed by atoms with Gasteiger partial charge in [0.05, 0.1) is 18.7 Å². The minimum atomic E-state index is -0.851. The summed E-state index contributed by atoms with van der Waals surface area (Å²) in [5, 5.41) is 9.31. The van der Waals surface area contributed by atoms with Gasteiger partial charge in [-0.3, -0.25) is 9.78 Å². The lowest BCUT2D eigenvalue weighted by Gasteiger charge is -2.37. The summed E-state index contributed by atoms with van der Waals surface area (Å²) in [5.41, 5.74) is 4.74. The number of hydrogen-bond acceptors (Lipinski definition) is 6. The summed E-state index contributed by atoms with van der Waals surface area (Å²) >= 11 is 0. The van der Waals surface area contributed by atoms with Crippen LogP contribution in [0.25, 0.3) is 22.2 Å². The lowest BCUT2D eigenvalue weighted by molar-refractivity contribution is -0.132. The van der Waals surface area contributed by atoms with Crippen LogP contribution in [0.3, 0.4) is 0 Å². The van der Waals surface area contributed by atoms with Gasteiger partial charge in [0.1, 0.15) is 16.8 Å². The van der Waals surface area contributed by atoms with E-state index in [2.05, 4.69) is 87.8 Å². The monoisotopic (exact) mass is 665 g/mol. The van der Waals surface area contributed by atoms with Crippen LogP contribution in [0, 0.1) is 0 Å². The molecule has 6 aromatic rings. The van der Waals surface area contributed by atoms with Crippen molar-refractivity contribution in [1.82, 2.24) is 19.7 Å². The van der Waals surface area contributed by atoms with Crippen molar-refractivity contribution < 1.29 is 19.1 Å². The van der Waals surface area contributed by atoms with Crippen LogP contribution in [0.1, 0.15) is 37.5 Å². The van der Waals surface area contributed by atoms with Crippen LogP contribution >= 0.6 is 0 Å². The second kappa shape index (κ2) is 13.6. The van der Waals surface area contributed by atoms with Crippen molar-refractivity contribution in [2.45, 2.75) is 38.0 Å². The van der Waals surface area contributed by atoms with Crippen molar-refractivity contribution in [3.8, 4) is 11.3 Å². The molecule has 1 aliphatic rings. The van der Waals surface area contributed by atoms with Gasteiger partial charge in [-0.15, -0.1) is 0 Å². The van der Waals surface area contributed by atoms with Crippen LogP contribution in [-0.2, 0) is 19.8 Å². The van der Waals surface area contributed by atoms with Gasteiger partial charge in [-0.1, -0.05) is 91.0 Å². The first-order valence-corrected chi connectivity index (χ1v) is 16.7. The number of pyridine rings is 1. The fourth-order valence-electron chi connectivity index (χ4n) is 6.60. The van der Waals surface area contributed by atoms with Gasteiger partial charge in [0.15, 0.2) is 6.10 Å². The highest BCUT2D eigenvalue weighted by molar-refractivity contribution is 6.00. The van der Waals surface area contributed by atoms with Gasteiger partial charge in [-0.2, -0.15) is 5.10 Å². The second-order valence-electron chi connectivity index (χ2n) is 13.3. The van der Waals surface area contributed by atoms with E-state index in [-0.39, 0.29) is 19.1 Å². The molecule has 7 rings (SSSR count). The summed E-state index contributed by atoms with van der Waals surface area (Å²) in [6.45, 7) is 6.13. The van der Waals surface area contributed by atoms with Crippen LogP contribution in [0.5, 0.6) is 0 Å². The van der Waals surface area contributed by atoms with Gasteiger partial charge in [0.2, 0.25) is 0 Å². The molecule has 252 valence electrons. The molecular formula is C41H39N5O4. The number of benzene rings is 4. The van der Waals surface area contributed by atoms with Gasteiger partial charge in [0.25, 0.3) is 5.91 Å². The SMILES string of the molecule is CC(C)(C)OC(=O)N1CCOC(C(=O)Nc2ccc3c(c2)c(-c2ccncc2)nn3C(c2ccccc2)(c2ccccc2)c2ccccc2)C1. The number of carbonyl (C=O) groups excluding carboxylic acids is 2. The Morgan fingerprint density at radius 3 is 1.94 bits per heavy atom. The zero-order chi connectivity index (χ0) is 34.7. The number of nitrogens with zero attached hydrogens (tertiary/aromatic N) is 4. The molecule has 0 aliphatic carbocycles. The van der Waals surface area contributed by atoms with E-state index < -0.39 is 23.3 Å². The smallest absolute Gasteiger partial charge is 0.410 e. The number of aromatic nitrogens is 3. The maximum absolute atomic E-state index is 13.6. The molecule has 50 heavy (non-hydrogen) atoms. The molecule has 0 spiro atoms. The zero-order valence-electron chi connectivity index (χ0n) is 28.3. The Hall–Kier alpha value is -5.80. The van der Waals surface area contributed by atoms with Crippen molar-refractivity contribution in [3.63, 3.8) is 0 Å². The number of fused-ring (bicyclic) bond motifs is 1. The molecule has 1 saturated heterocycles. The molecular weight excluding hydrogens is 626 g/mol. The van der Waals surface area contributed by atoms with E-state index >= 15 is 0 Å². The third kappa shape index (κ3) is 6.35. The highest BCUT2D eigenvalue weighted by Gasteiger charge is 2.41. The van der Waals surface area contributed by atoms with Crippen LogP contribution in [0.4, 0.5) is 10.5 Å². The third-order valence-corrected chi connectivity index (χ3v) is 8.80. The molecule has 2 aromatic heterocycles. The molecule has 0 radical (unpaired) electrons. The molecule has 1 N–H and O–H groups in total. The lowest BCUT2D eigenvalue weighted by Crippen LogP contribution is -2.51. The molecule has 9 heteroatoms. The quantitative estimate of drug-likeness (QED) is 0.177. The largest absolute Gasteiger partial charge is 0.444 e. The Kier molecular flexibility index (Phi) is 8.91. The summed E-state index contributed by atoms with van der Waals surface area (Å²) in [5.74, 6) is -0.345. The van der Waals surface area contributed by atoms with Crippen LogP contribution in [0.15, 0.2) is 134 Å².